The van der Waals surface area contributed by atoms with Gasteiger partial charge in [-0.1, -0.05) is 48.5 Å². The molecule has 4 heterocycles. The van der Waals surface area contributed by atoms with Gasteiger partial charge >= 0.3 is 6.09 Å². The molecular formula is C43H69F2N3O6. The number of carbonyl (C=O) groups is 1. The molecule has 1 amide bonds. The molecule has 5 aliphatic carbocycles. The summed E-state index contributed by atoms with van der Waals surface area (Å²) in [7, 11) is 0. The summed E-state index contributed by atoms with van der Waals surface area (Å²) >= 11 is 0. The summed E-state index contributed by atoms with van der Waals surface area (Å²) in [4.78, 5) is 19.0. The molecule has 0 aromatic carbocycles. The van der Waals surface area contributed by atoms with Gasteiger partial charge in [0.2, 0.25) is 0 Å². The van der Waals surface area contributed by atoms with Gasteiger partial charge in [0.05, 0.1) is 37.6 Å². The number of likely N-dealkylation sites (tertiary alicyclic amines) is 2. The van der Waals surface area contributed by atoms with Crippen molar-refractivity contribution in [2.24, 2.45) is 56.7 Å². The molecule has 0 aromatic heterocycles. The minimum absolute atomic E-state index is 0.00296. The molecule has 1 N–H and O–H groups in total. The van der Waals surface area contributed by atoms with E-state index in [1.807, 2.05) is 4.90 Å². The molecule has 9 fully saturated rings. The lowest BCUT2D eigenvalue weighted by molar-refractivity contribution is -0.253. The Hall–Kier alpha value is -1.11. The van der Waals surface area contributed by atoms with Crippen LogP contribution < -0.4 is 0 Å². The average Bonchev–Trinajstić information content (AvgIpc) is 3.70. The summed E-state index contributed by atoms with van der Waals surface area (Å²) < 4.78 is 52.2. The molecule has 5 unspecified atom stereocenters. The lowest BCUT2D eigenvalue weighted by atomic mass is 9.41. The lowest BCUT2D eigenvalue weighted by Gasteiger charge is -2.64. The highest BCUT2D eigenvalue weighted by atomic mass is 19.3. The Morgan fingerprint density at radius 3 is 2.37 bits per heavy atom. The summed E-state index contributed by atoms with van der Waals surface area (Å²) in [5.41, 5.74) is 0.273. The first kappa shape index (κ1) is 38.4. The molecule has 9 nitrogen and oxygen atoms in total. The maximum absolute atomic E-state index is 13.0. The van der Waals surface area contributed by atoms with Gasteiger partial charge in [0.15, 0.2) is 6.29 Å². The van der Waals surface area contributed by atoms with Crippen LogP contribution in [0.3, 0.4) is 0 Å². The maximum Gasteiger partial charge on any atom is 0.410 e. The van der Waals surface area contributed by atoms with Crippen LogP contribution in [0, 0.1) is 56.7 Å². The number of aliphatic hydroxyl groups is 1. The second kappa shape index (κ2) is 13.2. The molecule has 0 radical (unpaired) electrons. The normalized spacial score (nSPS) is 49.2. The molecule has 54 heavy (non-hydrogen) atoms. The third kappa shape index (κ3) is 5.42. The van der Waals surface area contributed by atoms with Crippen LogP contribution in [0.25, 0.3) is 0 Å². The van der Waals surface area contributed by atoms with Crippen LogP contribution in [0.15, 0.2) is 0 Å². The number of alkyl halides is 2. The van der Waals surface area contributed by atoms with E-state index in [2.05, 4.69) is 53.4 Å². The third-order valence-corrected chi connectivity index (χ3v) is 18.4. The standard InChI is InChI=1S/C43H69F2N3O6/c1-25(2)35(54-38(50)47-15-8-16-47)28-19-26(3)34-36(52-28)37(49)41(7)30-10-9-29-39(4,5)31(11-12-42(29)24-43(30,42)14-13-40(34,41)6)53-33-23-48(17-18-51-33)27-20-46(21-27)22-32(44)45/h25-37,49H,8-24H2,1-7H3/t26-,28?,29+,30?,31+,33+,34+,35-,36?,37+,40-,41-,42?,43?/m1/s1. The SMILES string of the molecule is CC(C)[C@@H](OC(=O)N1CCC1)C1C[C@@H](C)[C@H]2C(O1)[C@H](O)[C@@]1(C)C3CC[C@H]4C(C)(C)[C@@H](O[C@H]5CN(C6CN(CC(F)F)C6)CCO5)CCC45CC35CC[C@]21C. The molecule has 0 bridgehead atoms. The Labute approximate surface area is 322 Å². The van der Waals surface area contributed by atoms with Gasteiger partial charge in [-0.05, 0) is 109 Å². The fourth-order valence-electron chi connectivity index (χ4n) is 15.5. The molecule has 4 saturated heterocycles. The second-order valence-electron chi connectivity index (χ2n) is 21.2. The summed E-state index contributed by atoms with van der Waals surface area (Å²) in [5.74, 6) is 1.79. The monoisotopic (exact) mass is 762 g/mol. The van der Waals surface area contributed by atoms with E-state index in [0.717, 1.165) is 58.2 Å². The zero-order chi connectivity index (χ0) is 38.2. The fraction of sp³-hybridized carbons (Fsp3) is 0.977. The van der Waals surface area contributed by atoms with Crippen LogP contribution >= 0.6 is 0 Å². The minimum atomic E-state index is -2.28. The zero-order valence-electron chi connectivity index (χ0n) is 34.1. The van der Waals surface area contributed by atoms with Crippen LogP contribution in [-0.2, 0) is 18.9 Å². The molecule has 0 aromatic rings. The van der Waals surface area contributed by atoms with E-state index in [-0.39, 0.29) is 76.8 Å². The van der Waals surface area contributed by atoms with E-state index in [4.69, 9.17) is 18.9 Å². The van der Waals surface area contributed by atoms with Crippen molar-refractivity contribution in [3.05, 3.63) is 0 Å². The van der Waals surface area contributed by atoms with Crippen LogP contribution in [0.5, 0.6) is 0 Å². The van der Waals surface area contributed by atoms with Crippen molar-refractivity contribution in [1.82, 2.24) is 14.7 Å². The second-order valence-corrected chi connectivity index (χ2v) is 21.2. The molecular weight excluding hydrogens is 692 g/mol. The number of hydrogen-bond donors (Lipinski definition) is 1. The Morgan fingerprint density at radius 1 is 0.963 bits per heavy atom. The number of fused-ring (bicyclic) bond motifs is 4. The highest BCUT2D eigenvalue weighted by Crippen LogP contribution is 2.89. The van der Waals surface area contributed by atoms with Crippen molar-refractivity contribution >= 4 is 6.09 Å². The third-order valence-electron chi connectivity index (χ3n) is 18.4. The fourth-order valence-corrected chi connectivity index (χ4v) is 15.5. The molecule has 2 spiro atoms. The van der Waals surface area contributed by atoms with Gasteiger partial charge in [-0.3, -0.25) is 9.80 Å². The van der Waals surface area contributed by atoms with E-state index in [1.165, 1.54) is 19.3 Å². The summed E-state index contributed by atoms with van der Waals surface area (Å²) in [5, 5.41) is 12.7. The van der Waals surface area contributed by atoms with E-state index in [9.17, 15) is 18.7 Å². The van der Waals surface area contributed by atoms with E-state index in [0.29, 0.717) is 55.5 Å². The first-order valence-corrected chi connectivity index (χ1v) is 21.9. The van der Waals surface area contributed by atoms with Crippen molar-refractivity contribution in [3.63, 3.8) is 0 Å². The highest BCUT2D eigenvalue weighted by Gasteiger charge is 2.84. The topological polar surface area (TPSA) is 83.9 Å². The van der Waals surface area contributed by atoms with E-state index in [1.54, 1.807) is 4.90 Å². The number of rotatable bonds is 8. The predicted octanol–water partition coefficient (Wildman–Crippen LogP) is 6.66. The van der Waals surface area contributed by atoms with Crippen molar-refractivity contribution in [2.75, 3.05) is 52.4 Å². The Kier molecular flexibility index (Phi) is 9.39. The predicted molar refractivity (Wildman–Crippen MR) is 200 cm³/mol. The molecule has 11 heteroatoms. The molecule has 5 saturated carbocycles. The largest absolute Gasteiger partial charge is 0.443 e. The van der Waals surface area contributed by atoms with Crippen LogP contribution in [-0.4, -0.2) is 128 Å². The van der Waals surface area contributed by atoms with Crippen molar-refractivity contribution in [1.29, 1.82) is 0 Å². The maximum atomic E-state index is 13.0. The van der Waals surface area contributed by atoms with Crippen LogP contribution in [0.2, 0.25) is 0 Å². The van der Waals surface area contributed by atoms with Crippen molar-refractivity contribution in [2.45, 2.75) is 156 Å². The van der Waals surface area contributed by atoms with E-state index >= 15 is 0 Å². The van der Waals surface area contributed by atoms with Crippen LogP contribution in [0.1, 0.15) is 106 Å². The smallest absolute Gasteiger partial charge is 0.410 e. The number of aliphatic hydroxyl groups excluding tert-OH is 1. The number of halogens is 2. The number of nitrogens with zero attached hydrogens (tertiary/aromatic N) is 3. The Morgan fingerprint density at radius 2 is 1.69 bits per heavy atom. The van der Waals surface area contributed by atoms with Gasteiger partial charge in [-0.25, -0.2) is 13.6 Å². The van der Waals surface area contributed by atoms with Gasteiger partial charge in [0.25, 0.3) is 6.43 Å². The van der Waals surface area contributed by atoms with Crippen molar-refractivity contribution in [3.8, 4) is 0 Å². The highest BCUT2D eigenvalue weighted by molar-refractivity contribution is 5.68. The van der Waals surface area contributed by atoms with Gasteiger partial charge < -0.3 is 29.0 Å². The number of hydrogen-bond acceptors (Lipinski definition) is 8. The van der Waals surface area contributed by atoms with Gasteiger partial charge in [0.1, 0.15) is 6.10 Å². The summed E-state index contributed by atoms with van der Waals surface area (Å²) in [6.45, 7) is 21.4. The molecule has 4 aliphatic heterocycles. The quantitative estimate of drug-likeness (QED) is 0.294. The van der Waals surface area contributed by atoms with E-state index < -0.39 is 12.5 Å². The average molecular weight is 762 g/mol. The minimum Gasteiger partial charge on any atom is -0.443 e. The molecule has 9 aliphatic rings. The van der Waals surface area contributed by atoms with Gasteiger partial charge in [-0.15, -0.1) is 0 Å². The first-order chi connectivity index (χ1) is 25.6. The molecule has 9 rings (SSSR count). The lowest BCUT2D eigenvalue weighted by Crippen LogP contribution is -2.64. The molecule has 14 atom stereocenters. The Balaban J connectivity index is 0.895. The van der Waals surface area contributed by atoms with Gasteiger partial charge in [-0.2, -0.15) is 0 Å². The molecule has 306 valence electrons. The summed E-state index contributed by atoms with van der Waals surface area (Å²) in [6, 6.07) is 0.305. The zero-order valence-corrected chi connectivity index (χ0v) is 34.1. The van der Waals surface area contributed by atoms with Crippen LogP contribution in [0.4, 0.5) is 13.6 Å². The number of morpholine rings is 1. The number of ether oxygens (including phenoxy) is 4. The number of carbonyl (C=O) groups excluding carboxylic acids is 1. The Bertz CT molecular complexity index is 1440. The van der Waals surface area contributed by atoms with Gasteiger partial charge in [0, 0.05) is 50.7 Å². The first-order valence-electron chi connectivity index (χ1n) is 21.9. The van der Waals surface area contributed by atoms with Crippen molar-refractivity contribution < 1.29 is 37.6 Å². The number of amides is 1. The summed E-state index contributed by atoms with van der Waals surface area (Å²) in [6.07, 6.45) is 6.02.